The minimum atomic E-state index is -4.80. The van der Waals surface area contributed by atoms with Crippen LogP contribution < -0.4 is 5.32 Å². The van der Waals surface area contributed by atoms with Gasteiger partial charge in [0.2, 0.25) is 0 Å². The molecule has 0 aromatic heterocycles. The van der Waals surface area contributed by atoms with E-state index in [1.54, 1.807) is 0 Å². The van der Waals surface area contributed by atoms with E-state index in [9.17, 15) is 26.3 Å². The summed E-state index contributed by atoms with van der Waals surface area (Å²) in [7, 11) is 0. The average Bonchev–Trinajstić information content (AvgIpc) is 2.73. The number of alkyl halides is 6. The van der Waals surface area contributed by atoms with Crippen LogP contribution >= 0.6 is 11.8 Å². The molecule has 112 valence electrons. The molecule has 0 amide bonds. The first-order chi connectivity index (χ1) is 9.07. The first kappa shape index (κ1) is 15.5. The van der Waals surface area contributed by atoms with Gasteiger partial charge < -0.3 is 5.32 Å². The Morgan fingerprint density at radius 1 is 1.00 bits per heavy atom. The number of hydrogen-bond acceptors (Lipinski definition) is 2. The summed E-state index contributed by atoms with van der Waals surface area (Å²) < 4.78 is 76.2. The van der Waals surface area contributed by atoms with Gasteiger partial charge in [-0.2, -0.15) is 26.3 Å². The third-order valence-electron chi connectivity index (χ3n) is 2.87. The second-order valence-corrected chi connectivity index (χ2v) is 6.12. The summed E-state index contributed by atoms with van der Waals surface area (Å²) in [5.74, 6) is 0. The zero-order valence-electron chi connectivity index (χ0n) is 10.3. The van der Waals surface area contributed by atoms with Crippen molar-refractivity contribution in [3.05, 3.63) is 34.9 Å². The molecule has 1 N–H and O–H groups in total. The molecule has 1 nitrogen and oxygen atoms in total. The molecule has 20 heavy (non-hydrogen) atoms. The lowest BCUT2D eigenvalue weighted by Crippen LogP contribution is -2.17. The maximum atomic E-state index is 12.7. The Balaban J connectivity index is 2.46. The minimum Gasteiger partial charge on any atom is -0.301 e. The van der Waals surface area contributed by atoms with Crippen LogP contribution in [-0.2, 0) is 12.4 Å². The lowest BCUT2D eigenvalue weighted by molar-refractivity contribution is -0.143. The zero-order valence-corrected chi connectivity index (χ0v) is 11.1. The van der Waals surface area contributed by atoms with Gasteiger partial charge in [-0.1, -0.05) is 6.92 Å². The van der Waals surface area contributed by atoms with Crippen LogP contribution in [0.15, 0.2) is 18.2 Å². The second kappa shape index (κ2) is 5.14. The van der Waals surface area contributed by atoms with Crippen molar-refractivity contribution in [2.45, 2.75) is 29.9 Å². The van der Waals surface area contributed by atoms with E-state index in [-0.39, 0.29) is 16.9 Å². The fraction of sp³-hybridized carbons (Fsp3) is 0.500. The molecule has 2 unspecified atom stereocenters. The first-order valence-electron chi connectivity index (χ1n) is 5.75. The highest BCUT2D eigenvalue weighted by Gasteiger charge is 2.38. The van der Waals surface area contributed by atoms with E-state index >= 15 is 0 Å². The Bertz CT molecular complexity index is 463. The summed E-state index contributed by atoms with van der Waals surface area (Å²) >= 11 is 1.31. The Morgan fingerprint density at radius 3 is 1.85 bits per heavy atom. The molecule has 1 aliphatic heterocycles. The zero-order chi connectivity index (χ0) is 15.1. The highest BCUT2D eigenvalue weighted by molar-refractivity contribution is 8.00. The fourth-order valence-electron chi connectivity index (χ4n) is 1.93. The summed E-state index contributed by atoms with van der Waals surface area (Å²) in [6, 6.07) is 1.70. The van der Waals surface area contributed by atoms with Gasteiger partial charge in [-0.3, -0.25) is 0 Å². The van der Waals surface area contributed by atoms with Crippen LogP contribution in [0.4, 0.5) is 26.3 Å². The number of nitrogens with one attached hydrogen (secondary N) is 1. The SMILES string of the molecule is CC1CNC(c2cc(C(F)(F)F)cc(C(F)(F)F)c2)S1. The van der Waals surface area contributed by atoms with Crippen LogP contribution in [0.2, 0.25) is 0 Å². The van der Waals surface area contributed by atoms with Crippen LogP contribution in [0.5, 0.6) is 0 Å². The van der Waals surface area contributed by atoms with Gasteiger partial charge in [0.25, 0.3) is 0 Å². The van der Waals surface area contributed by atoms with Crippen molar-refractivity contribution in [2.24, 2.45) is 0 Å². The fourth-order valence-corrected chi connectivity index (χ4v) is 3.07. The maximum absolute atomic E-state index is 12.7. The third kappa shape index (κ3) is 3.41. The summed E-state index contributed by atoms with van der Waals surface area (Å²) in [6.45, 7) is 2.41. The molecule has 0 saturated carbocycles. The predicted octanol–water partition coefficient (Wildman–Crippen LogP) is 4.45. The van der Waals surface area contributed by atoms with Crippen molar-refractivity contribution in [2.75, 3.05) is 6.54 Å². The lowest BCUT2D eigenvalue weighted by atomic mass is 10.0. The Morgan fingerprint density at radius 2 is 1.50 bits per heavy atom. The van der Waals surface area contributed by atoms with E-state index in [0.29, 0.717) is 6.54 Å². The molecular weight excluding hydrogens is 304 g/mol. The molecule has 2 atom stereocenters. The summed E-state index contributed by atoms with van der Waals surface area (Å²) in [5.41, 5.74) is -2.55. The molecule has 1 aliphatic rings. The van der Waals surface area contributed by atoms with Crippen molar-refractivity contribution in [1.82, 2.24) is 5.32 Å². The van der Waals surface area contributed by atoms with Crippen molar-refractivity contribution in [1.29, 1.82) is 0 Å². The van der Waals surface area contributed by atoms with Gasteiger partial charge in [-0.05, 0) is 23.8 Å². The van der Waals surface area contributed by atoms with E-state index in [0.717, 1.165) is 12.1 Å². The van der Waals surface area contributed by atoms with Gasteiger partial charge in [-0.15, -0.1) is 11.8 Å². The van der Waals surface area contributed by atoms with E-state index in [1.807, 2.05) is 6.92 Å². The van der Waals surface area contributed by atoms with Crippen LogP contribution in [0, 0.1) is 0 Å². The number of thioether (sulfide) groups is 1. The van der Waals surface area contributed by atoms with E-state index in [2.05, 4.69) is 5.32 Å². The monoisotopic (exact) mass is 315 g/mol. The Kier molecular flexibility index (Phi) is 3.98. The molecule has 1 aromatic carbocycles. The minimum absolute atomic E-state index is 0.00139. The van der Waals surface area contributed by atoms with E-state index in [4.69, 9.17) is 0 Å². The van der Waals surface area contributed by atoms with Crippen molar-refractivity contribution in [3.63, 3.8) is 0 Å². The number of benzene rings is 1. The van der Waals surface area contributed by atoms with Gasteiger partial charge in [-0.25, -0.2) is 0 Å². The van der Waals surface area contributed by atoms with Crippen molar-refractivity contribution >= 4 is 11.8 Å². The summed E-state index contributed by atoms with van der Waals surface area (Å²) in [5, 5.41) is 2.50. The molecule has 1 fully saturated rings. The van der Waals surface area contributed by atoms with Gasteiger partial charge >= 0.3 is 12.4 Å². The van der Waals surface area contributed by atoms with E-state index in [1.165, 1.54) is 11.8 Å². The molecule has 0 bridgehead atoms. The van der Waals surface area contributed by atoms with Crippen LogP contribution in [0.3, 0.4) is 0 Å². The standard InChI is InChI=1S/C12H11F6NS/c1-6-5-19-10(20-6)7-2-8(11(13,14)15)4-9(3-7)12(16,17)18/h2-4,6,10,19H,5H2,1H3. The van der Waals surface area contributed by atoms with Gasteiger partial charge in [0.1, 0.15) is 0 Å². The predicted molar refractivity (Wildman–Crippen MR) is 64.2 cm³/mol. The molecule has 2 rings (SSSR count). The van der Waals surface area contributed by atoms with E-state index < -0.39 is 28.9 Å². The molecular formula is C12H11F6NS. The van der Waals surface area contributed by atoms with Gasteiger partial charge in [0.15, 0.2) is 0 Å². The molecule has 1 heterocycles. The highest BCUT2D eigenvalue weighted by atomic mass is 32.2. The molecule has 8 heteroatoms. The van der Waals surface area contributed by atoms with Gasteiger partial charge in [0.05, 0.1) is 16.5 Å². The highest BCUT2D eigenvalue weighted by Crippen LogP contribution is 2.41. The number of hydrogen-bond donors (Lipinski definition) is 1. The first-order valence-corrected chi connectivity index (χ1v) is 6.70. The number of halogens is 6. The number of rotatable bonds is 1. The lowest BCUT2D eigenvalue weighted by Gasteiger charge is -2.17. The smallest absolute Gasteiger partial charge is 0.301 e. The molecule has 0 spiro atoms. The van der Waals surface area contributed by atoms with Crippen LogP contribution in [-0.4, -0.2) is 11.8 Å². The van der Waals surface area contributed by atoms with Crippen molar-refractivity contribution < 1.29 is 26.3 Å². The topological polar surface area (TPSA) is 12.0 Å². The van der Waals surface area contributed by atoms with Crippen LogP contribution in [0.25, 0.3) is 0 Å². The maximum Gasteiger partial charge on any atom is 0.416 e. The summed E-state index contributed by atoms with van der Waals surface area (Å²) in [6.07, 6.45) is -9.60. The molecule has 0 aliphatic carbocycles. The molecule has 0 radical (unpaired) electrons. The average molecular weight is 315 g/mol. The quantitative estimate of drug-likeness (QED) is 0.769. The molecule has 1 aromatic rings. The second-order valence-electron chi connectivity index (χ2n) is 4.57. The largest absolute Gasteiger partial charge is 0.416 e. The Labute approximate surface area is 115 Å². The van der Waals surface area contributed by atoms with Crippen molar-refractivity contribution in [3.8, 4) is 0 Å². The van der Waals surface area contributed by atoms with Crippen LogP contribution in [0.1, 0.15) is 29.0 Å². The third-order valence-corrected chi connectivity index (χ3v) is 4.21. The Hall–Kier alpha value is -0.890. The normalized spacial score (nSPS) is 24.1. The van der Waals surface area contributed by atoms with Gasteiger partial charge in [0, 0.05) is 11.8 Å². The molecule has 1 saturated heterocycles. The summed E-state index contributed by atoms with van der Waals surface area (Å²) in [4.78, 5) is 0.